The molecule has 0 aliphatic carbocycles. The third kappa shape index (κ3) is 3.27. The molecule has 0 aromatic carbocycles. The van der Waals surface area contributed by atoms with Crippen LogP contribution in [0.25, 0.3) is 0 Å². The highest BCUT2D eigenvalue weighted by Gasteiger charge is 2.46. The summed E-state index contributed by atoms with van der Waals surface area (Å²) in [6.07, 6.45) is -4.68. The number of nitrogens with one attached hydrogen (secondary N) is 2. The number of hydrogen-bond donors (Lipinski definition) is 2. The Labute approximate surface area is 118 Å². The third-order valence-electron chi connectivity index (χ3n) is 3.00. The summed E-state index contributed by atoms with van der Waals surface area (Å²) in [5.74, 6) is -2.99. The van der Waals surface area contributed by atoms with Crippen molar-refractivity contribution in [2.75, 3.05) is 19.7 Å². The fraction of sp³-hybridized carbons (Fsp3) is 0.636. The van der Waals surface area contributed by atoms with Gasteiger partial charge in [-0.05, 0) is 25.5 Å². The molecule has 2 heterocycles. The molecular weight excluding hydrogens is 295 g/mol. The first-order valence-electron chi connectivity index (χ1n) is 6.29. The van der Waals surface area contributed by atoms with Gasteiger partial charge in [0.25, 0.3) is 0 Å². The van der Waals surface area contributed by atoms with E-state index >= 15 is 0 Å². The zero-order chi connectivity index (χ0) is 15.6. The monoisotopic (exact) mass is 309 g/mol. The molecule has 0 saturated heterocycles. The Morgan fingerprint density at radius 2 is 2.14 bits per heavy atom. The summed E-state index contributed by atoms with van der Waals surface area (Å²) >= 11 is 0. The average molecular weight is 309 g/mol. The Morgan fingerprint density at radius 3 is 2.76 bits per heavy atom. The van der Waals surface area contributed by atoms with E-state index in [0.29, 0.717) is 23.7 Å². The Balaban J connectivity index is 2.16. The largest absolute Gasteiger partial charge is 0.493 e. The van der Waals surface area contributed by atoms with Gasteiger partial charge in [0, 0.05) is 6.54 Å². The van der Waals surface area contributed by atoms with E-state index in [1.165, 1.54) is 0 Å². The van der Waals surface area contributed by atoms with E-state index in [2.05, 4.69) is 15.6 Å². The lowest BCUT2D eigenvalue weighted by atomic mass is 10.0. The van der Waals surface area contributed by atoms with Gasteiger partial charge in [-0.1, -0.05) is 0 Å². The van der Waals surface area contributed by atoms with Crippen molar-refractivity contribution in [1.29, 1.82) is 0 Å². The topological polar surface area (TPSA) is 79.9 Å². The van der Waals surface area contributed by atoms with Crippen LogP contribution >= 0.6 is 0 Å². The lowest BCUT2D eigenvalue weighted by Gasteiger charge is -2.23. The third-order valence-corrected chi connectivity index (χ3v) is 3.00. The molecule has 0 bridgehead atoms. The lowest BCUT2D eigenvalue weighted by molar-refractivity contribution is -0.240. The Hall–Kier alpha value is -1.81. The molecule has 2 aliphatic heterocycles. The highest BCUT2D eigenvalue weighted by atomic mass is 19.4. The molecule has 1 atom stereocenters. The van der Waals surface area contributed by atoms with Crippen LogP contribution in [0, 0.1) is 0 Å². The second kappa shape index (κ2) is 5.90. The molecule has 0 amide bonds. The SMILES string of the molecule is CCOC(=O)C1NN(OC(=O)C(F)(F)F)C2=C1CCNC2. The number of hydrazine groups is 1. The average Bonchev–Trinajstić information content (AvgIpc) is 2.77. The normalized spacial score (nSPS) is 22.1. The van der Waals surface area contributed by atoms with E-state index in [4.69, 9.17) is 4.74 Å². The number of ether oxygens (including phenoxy) is 1. The van der Waals surface area contributed by atoms with E-state index in [9.17, 15) is 22.8 Å². The van der Waals surface area contributed by atoms with Crippen LogP contribution < -0.4 is 10.7 Å². The Morgan fingerprint density at radius 1 is 1.43 bits per heavy atom. The van der Waals surface area contributed by atoms with Crippen molar-refractivity contribution in [2.45, 2.75) is 25.6 Å². The molecule has 0 radical (unpaired) electrons. The van der Waals surface area contributed by atoms with Crippen molar-refractivity contribution in [2.24, 2.45) is 0 Å². The molecule has 0 saturated carbocycles. The number of hydroxylamine groups is 1. The number of hydrogen-bond acceptors (Lipinski definition) is 7. The van der Waals surface area contributed by atoms with Crippen LogP contribution in [0.3, 0.4) is 0 Å². The Bertz CT molecular complexity index is 478. The van der Waals surface area contributed by atoms with Gasteiger partial charge in [0.1, 0.15) is 0 Å². The minimum absolute atomic E-state index is 0.139. The van der Waals surface area contributed by atoms with Gasteiger partial charge < -0.3 is 14.9 Å². The fourth-order valence-electron chi connectivity index (χ4n) is 2.11. The number of halogens is 3. The molecule has 2 N–H and O–H groups in total. The molecule has 10 heteroatoms. The number of carbonyl (C=O) groups is 2. The number of alkyl halides is 3. The number of carbonyl (C=O) groups excluding carboxylic acids is 2. The van der Waals surface area contributed by atoms with Crippen LogP contribution in [0.15, 0.2) is 11.3 Å². The molecule has 0 aromatic heterocycles. The summed E-state index contributed by atoms with van der Waals surface area (Å²) < 4.78 is 41.6. The summed E-state index contributed by atoms with van der Waals surface area (Å²) in [5.41, 5.74) is 3.27. The molecular formula is C11H14F3N3O4. The van der Waals surface area contributed by atoms with Crippen molar-refractivity contribution in [3.05, 3.63) is 11.3 Å². The fourth-order valence-corrected chi connectivity index (χ4v) is 2.11. The van der Waals surface area contributed by atoms with E-state index in [-0.39, 0.29) is 18.8 Å². The van der Waals surface area contributed by atoms with Gasteiger partial charge in [0.05, 0.1) is 12.3 Å². The van der Waals surface area contributed by atoms with Crippen LogP contribution in [-0.2, 0) is 19.2 Å². The summed E-state index contributed by atoms with van der Waals surface area (Å²) in [5, 5.41) is 3.52. The van der Waals surface area contributed by atoms with Crippen LogP contribution in [0.5, 0.6) is 0 Å². The molecule has 0 fully saturated rings. The van der Waals surface area contributed by atoms with Crippen molar-refractivity contribution in [3.63, 3.8) is 0 Å². The summed E-state index contributed by atoms with van der Waals surface area (Å²) in [7, 11) is 0. The van der Waals surface area contributed by atoms with E-state index in [1.807, 2.05) is 0 Å². The highest BCUT2D eigenvalue weighted by molar-refractivity contribution is 5.81. The summed E-state index contributed by atoms with van der Waals surface area (Å²) in [6.45, 7) is 2.51. The van der Waals surface area contributed by atoms with Gasteiger partial charge >= 0.3 is 18.1 Å². The van der Waals surface area contributed by atoms with Crippen LogP contribution in [-0.4, -0.2) is 49.0 Å². The predicted octanol–water partition coefficient (Wildman–Crippen LogP) is 0.00620. The number of esters is 1. The highest BCUT2D eigenvalue weighted by Crippen LogP contribution is 2.28. The Kier molecular flexibility index (Phi) is 4.37. The lowest BCUT2D eigenvalue weighted by Crippen LogP contribution is -2.45. The second-order valence-corrected chi connectivity index (χ2v) is 4.38. The summed E-state index contributed by atoms with van der Waals surface area (Å²) in [4.78, 5) is 27.0. The second-order valence-electron chi connectivity index (χ2n) is 4.38. The summed E-state index contributed by atoms with van der Waals surface area (Å²) in [6, 6.07) is -0.942. The number of nitrogens with zero attached hydrogens (tertiary/aromatic N) is 1. The van der Waals surface area contributed by atoms with Gasteiger partial charge in [0.2, 0.25) is 0 Å². The maximum absolute atomic E-state index is 12.3. The van der Waals surface area contributed by atoms with Crippen molar-refractivity contribution in [1.82, 2.24) is 15.9 Å². The molecule has 2 rings (SSSR count). The molecule has 1 unspecified atom stereocenters. The smallest absolute Gasteiger partial charge is 0.465 e. The molecule has 7 nitrogen and oxygen atoms in total. The van der Waals surface area contributed by atoms with Crippen LogP contribution in [0.4, 0.5) is 13.2 Å². The minimum Gasteiger partial charge on any atom is -0.465 e. The van der Waals surface area contributed by atoms with E-state index in [1.54, 1.807) is 6.92 Å². The van der Waals surface area contributed by atoms with Gasteiger partial charge in [-0.15, -0.1) is 5.17 Å². The quantitative estimate of drug-likeness (QED) is 0.711. The van der Waals surface area contributed by atoms with Gasteiger partial charge in [-0.25, -0.2) is 9.59 Å². The molecule has 118 valence electrons. The first-order chi connectivity index (χ1) is 9.84. The molecule has 2 aliphatic rings. The van der Waals surface area contributed by atoms with Crippen LogP contribution in [0.2, 0.25) is 0 Å². The van der Waals surface area contributed by atoms with Gasteiger partial charge in [-0.3, -0.25) is 0 Å². The standard InChI is InChI=1S/C11H14F3N3O4/c1-2-20-9(18)8-6-3-4-15-5-7(6)17(16-8)21-10(19)11(12,13)14/h8,15-16H,2-5H2,1H3. The maximum atomic E-state index is 12.3. The molecule has 0 spiro atoms. The molecule has 21 heavy (non-hydrogen) atoms. The van der Waals surface area contributed by atoms with E-state index < -0.39 is 24.2 Å². The minimum atomic E-state index is -5.12. The van der Waals surface area contributed by atoms with Crippen molar-refractivity contribution >= 4 is 11.9 Å². The van der Waals surface area contributed by atoms with Crippen molar-refractivity contribution < 1.29 is 32.3 Å². The van der Waals surface area contributed by atoms with E-state index in [0.717, 1.165) is 0 Å². The zero-order valence-corrected chi connectivity index (χ0v) is 11.1. The first kappa shape index (κ1) is 15.6. The van der Waals surface area contributed by atoms with Gasteiger partial charge in [0.15, 0.2) is 6.04 Å². The van der Waals surface area contributed by atoms with Gasteiger partial charge in [-0.2, -0.15) is 18.6 Å². The predicted molar refractivity (Wildman–Crippen MR) is 62.1 cm³/mol. The number of rotatable bonds is 3. The zero-order valence-electron chi connectivity index (χ0n) is 11.1. The maximum Gasteiger partial charge on any atom is 0.493 e. The molecule has 0 aromatic rings. The van der Waals surface area contributed by atoms with Crippen molar-refractivity contribution in [3.8, 4) is 0 Å². The first-order valence-corrected chi connectivity index (χ1v) is 6.29. The van der Waals surface area contributed by atoms with Crippen LogP contribution in [0.1, 0.15) is 13.3 Å².